The lowest BCUT2D eigenvalue weighted by atomic mass is 10.1. The van der Waals surface area contributed by atoms with Crippen LogP contribution < -0.4 is 11.1 Å². The van der Waals surface area contributed by atoms with Crippen LogP contribution in [0.1, 0.15) is 12.8 Å². The molecule has 5 N–H and O–H groups in total. The quantitative estimate of drug-likeness (QED) is 0.376. The highest BCUT2D eigenvalue weighted by Crippen LogP contribution is 1.95. The number of hydrogen-bond acceptors (Lipinski definition) is 6. The number of carboxylic acid groups (broad SMARTS) is 1. The van der Waals surface area contributed by atoms with Crippen LogP contribution >= 0.6 is 0 Å². The van der Waals surface area contributed by atoms with E-state index in [4.69, 9.17) is 15.9 Å². The summed E-state index contributed by atoms with van der Waals surface area (Å²) in [5.74, 6) is -2.55. The van der Waals surface area contributed by atoms with Crippen molar-refractivity contribution in [2.75, 3.05) is 13.7 Å². The average Bonchev–Trinajstić information content (AvgIpc) is 2.31. The van der Waals surface area contributed by atoms with E-state index in [2.05, 4.69) is 10.1 Å². The molecule has 1 amide bonds. The van der Waals surface area contributed by atoms with Gasteiger partial charge in [-0.05, 0) is 6.42 Å². The number of aliphatic hydroxyl groups is 1. The first-order valence-corrected chi connectivity index (χ1v) is 4.89. The van der Waals surface area contributed by atoms with E-state index in [1.165, 1.54) is 0 Å². The fourth-order valence-corrected chi connectivity index (χ4v) is 0.958. The van der Waals surface area contributed by atoms with E-state index in [9.17, 15) is 14.4 Å². The molecule has 17 heavy (non-hydrogen) atoms. The third kappa shape index (κ3) is 6.48. The molecule has 0 fully saturated rings. The lowest BCUT2D eigenvalue weighted by Crippen LogP contribution is -2.45. The molecular formula is C9H16N2O6. The van der Waals surface area contributed by atoms with Crippen LogP contribution in [0.4, 0.5) is 0 Å². The van der Waals surface area contributed by atoms with Crippen molar-refractivity contribution in [2.24, 2.45) is 5.73 Å². The lowest BCUT2D eigenvalue weighted by molar-refractivity contribution is -0.150. The molecule has 0 rings (SSSR count). The van der Waals surface area contributed by atoms with Crippen molar-refractivity contribution in [3.63, 3.8) is 0 Å². The maximum Gasteiger partial charge on any atom is 0.336 e. The second-order valence-corrected chi connectivity index (χ2v) is 3.32. The topological polar surface area (TPSA) is 139 Å². The second-order valence-electron chi connectivity index (χ2n) is 3.32. The van der Waals surface area contributed by atoms with E-state index in [-0.39, 0.29) is 19.4 Å². The number of aliphatic hydroxyl groups excluding tert-OH is 1. The number of carboxylic acids is 1. The van der Waals surface area contributed by atoms with Gasteiger partial charge >= 0.3 is 11.9 Å². The molecule has 0 aromatic carbocycles. The van der Waals surface area contributed by atoms with Crippen molar-refractivity contribution in [1.82, 2.24) is 5.32 Å². The number of rotatable bonds is 7. The van der Waals surface area contributed by atoms with Crippen LogP contribution in [0.3, 0.4) is 0 Å². The van der Waals surface area contributed by atoms with Gasteiger partial charge in [0.25, 0.3) is 0 Å². The van der Waals surface area contributed by atoms with Crippen LogP contribution in [0, 0.1) is 0 Å². The number of nitrogens with two attached hydrogens (primary N) is 1. The van der Waals surface area contributed by atoms with Crippen molar-refractivity contribution in [3.8, 4) is 0 Å². The van der Waals surface area contributed by atoms with E-state index in [0.717, 1.165) is 7.11 Å². The molecule has 0 aromatic heterocycles. The number of ether oxygens (including phenoxy) is 1. The monoisotopic (exact) mass is 248 g/mol. The number of methoxy groups -OCH3 is 1. The Bertz CT molecular complexity index is 293. The van der Waals surface area contributed by atoms with Crippen molar-refractivity contribution < 1.29 is 29.3 Å². The Kier molecular flexibility index (Phi) is 6.83. The molecule has 0 bridgehead atoms. The van der Waals surface area contributed by atoms with E-state index in [1.54, 1.807) is 0 Å². The number of hydrogen-bond donors (Lipinski definition) is 4. The molecule has 98 valence electrons. The van der Waals surface area contributed by atoms with Gasteiger partial charge in [-0.1, -0.05) is 0 Å². The van der Waals surface area contributed by atoms with Gasteiger partial charge < -0.3 is 26.0 Å². The average molecular weight is 248 g/mol. The molecule has 8 nitrogen and oxygen atoms in total. The van der Waals surface area contributed by atoms with Crippen LogP contribution in [-0.4, -0.2) is 53.9 Å². The summed E-state index contributed by atoms with van der Waals surface area (Å²) in [5, 5.41) is 19.7. The van der Waals surface area contributed by atoms with E-state index >= 15 is 0 Å². The van der Waals surface area contributed by atoms with Gasteiger partial charge in [0.15, 0.2) is 6.10 Å². The molecule has 2 unspecified atom stereocenters. The van der Waals surface area contributed by atoms with Crippen molar-refractivity contribution in [3.05, 3.63) is 0 Å². The SMILES string of the molecule is COC(=O)C(O)CNC(=O)C(N)CCC(=O)O. The zero-order chi connectivity index (χ0) is 13.4. The number of amides is 1. The van der Waals surface area contributed by atoms with Crippen LogP contribution in [0.2, 0.25) is 0 Å². The molecule has 0 aliphatic rings. The van der Waals surface area contributed by atoms with Crippen LogP contribution in [0.25, 0.3) is 0 Å². The Morgan fingerprint density at radius 1 is 1.41 bits per heavy atom. The zero-order valence-corrected chi connectivity index (χ0v) is 9.38. The maximum atomic E-state index is 11.3. The van der Waals surface area contributed by atoms with E-state index in [0.29, 0.717) is 0 Å². The van der Waals surface area contributed by atoms with Crippen LogP contribution in [-0.2, 0) is 19.1 Å². The molecule has 0 aliphatic carbocycles. The minimum Gasteiger partial charge on any atom is -0.481 e. The van der Waals surface area contributed by atoms with Crippen LogP contribution in [0.5, 0.6) is 0 Å². The number of esters is 1. The molecule has 0 saturated heterocycles. The van der Waals surface area contributed by atoms with Gasteiger partial charge in [-0.3, -0.25) is 9.59 Å². The molecule has 0 aromatic rings. The Labute approximate surface area is 97.7 Å². The first kappa shape index (κ1) is 15.3. The second kappa shape index (κ2) is 7.58. The van der Waals surface area contributed by atoms with Crippen molar-refractivity contribution in [1.29, 1.82) is 0 Å². The first-order valence-electron chi connectivity index (χ1n) is 4.89. The Hall–Kier alpha value is -1.67. The largest absolute Gasteiger partial charge is 0.481 e. The molecule has 0 spiro atoms. The summed E-state index contributed by atoms with van der Waals surface area (Å²) in [6.07, 6.45) is -1.71. The Morgan fingerprint density at radius 3 is 2.47 bits per heavy atom. The number of carbonyl (C=O) groups excluding carboxylic acids is 2. The molecule has 8 heteroatoms. The number of nitrogens with one attached hydrogen (secondary N) is 1. The third-order valence-electron chi connectivity index (χ3n) is 1.95. The molecule has 0 saturated carbocycles. The fraction of sp³-hybridized carbons (Fsp3) is 0.667. The molecule has 0 radical (unpaired) electrons. The molecular weight excluding hydrogens is 232 g/mol. The van der Waals surface area contributed by atoms with Gasteiger partial charge in [0.1, 0.15) is 0 Å². The minimum absolute atomic E-state index is 0.0184. The summed E-state index contributed by atoms with van der Waals surface area (Å²) < 4.78 is 4.23. The van der Waals surface area contributed by atoms with Gasteiger partial charge in [-0.15, -0.1) is 0 Å². The van der Waals surface area contributed by atoms with Crippen LogP contribution in [0.15, 0.2) is 0 Å². The fourth-order valence-electron chi connectivity index (χ4n) is 0.958. The summed E-state index contributed by atoms with van der Waals surface area (Å²) in [5.41, 5.74) is 5.39. The normalized spacial score (nSPS) is 13.6. The van der Waals surface area contributed by atoms with Crippen molar-refractivity contribution >= 4 is 17.8 Å². The zero-order valence-electron chi connectivity index (χ0n) is 9.38. The maximum absolute atomic E-state index is 11.3. The molecule has 0 aliphatic heterocycles. The smallest absolute Gasteiger partial charge is 0.336 e. The highest BCUT2D eigenvalue weighted by molar-refractivity contribution is 5.83. The summed E-state index contributed by atoms with van der Waals surface area (Å²) in [6, 6.07) is -0.990. The summed E-state index contributed by atoms with van der Waals surface area (Å²) in [6.45, 7) is -0.327. The Morgan fingerprint density at radius 2 is 2.00 bits per heavy atom. The predicted molar refractivity (Wildman–Crippen MR) is 55.9 cm³/mol. The van der Waals surface area contributed by atoms with Gasteiger partial charge in [0.05, 0.1) is 19.7 Å². The molecule has 0 heterocycles. The molecule has 2 atom stereocenters. The van der Waals surface area contributed by atoms with Crippen molar-refractivity contribution in [2.45, 2.75) is 25.0 Å². The van der Waals surface area contributed by atoms with Gasteiger partial charge in [-0.25, -0.2) is 4.79 Å². The highest BCUT2D eigenvalue weighted by Gasteiger charge is 2.19. The standard InChI is InChI=1S/C9H16N2O6/c1-17-9(16)6(12)4-11-8(15)5(10)2-3-7(13)14/h5-6,12H,2-4,10H2,1H3,(H,11,15)(H,13,14). The highest BCUT2D eigenvalue weighted by atomic mass is 16.5. The van der Waals surface area contributed by atoms with Gasteiger partial charge in [0, 0.05) is 6.42 Å². The third-order valence-corrected chi connectivity index (χ3v) is 1.95. The lowest BCUT2D eigenvalue weighted by Gasteiger charge is -2.13. The summed E-state index contributed by atoms with van der Waals surface area (Å²) in [4.78, 5) is 32.3. The Balaban J connectivity index is 3.92. The number of aliphatic carboxylic acids is 1. The minimum atomic E-state index is -1.46. The summed E-state index contributed by atoms with van der Waals surface area (Å²) >= 11 is 0. The van der Waals surface area contributed by atoms with Gasteiger partial charge in [0.2, 0.25) is 5.91 Å². The first-order chi connectivity index (χ1) is 7.88. The van der Waals surface area contributed by atoms with Gasteiger partial charge in [-0.2, -0.15) is 0 Å². The van der Waals surface area contributed by atoms with E-state index in [1.807, 2.05) is 0 Å². The van der Waals surface area contributed by atoms with E-state index < -0.39 is 30.0 Å². The predicted octanol–water partition coefficient (Wildman–Crippen LogP) is -2.17. The number of carbonyl (C=O) groups is 3. The summed E-state index contributed by atoms with van der Waals surface area (Å²) in [7, 11) is 1.10.